The Bertz CT molecular complexity index is 753. The Hall–Kier alpha value is -2.29. The van der Waals surface area contributed by atoms with Crippen LogP contribution in [0.4, 0.5) is 0 Å². The topological polar surface area (TPSA) is 101 Å². The minimum absolute atomic E-state index is 0.0262. The molecule has 9 heteroatoms. The highest BCUT2D eigenvalue weighted by Crippen LogP contribution is 2.38. The van der Waals surface area contributed by atoms with Gasteiger partial charge in [0.2, 0.25) is 23.6 Å². The third kappa shape index (κ3) is 3.71. The minimum atomic E-state index is 0.0262. The molecular weight excluding hydrogens is 324 g/mol. The quantitative estimate of drug-likeness (QED) is 0.770. The fraction of sp³-hybridized carbons (Fsp3) is 0.688. The van der Waals surface area contributed by atoms with E-state index in [0.29, 0.717) is 42.5 Å². The molecule has 0 bridgehead atoms. The lowest BCUT2D eigenvalue weighted by Gasteiger charge is -2.26. The van der Waals surface area contributed by atoms with E-state index in [1.807, 2.05) is 4.90 Å². The Morgan fingerprint density at radius 3 is 2.84 bits per heavy atom. The fourth-order valence-corrected chi connectivity index (χ4v) is 3.28. The van der Waals surface area contributed by atoms with Gasteiger partial charge in [0.15, 0.2) is 5.82 Å². The third-order valence-corrected chi connectivity index (χ3v) is 4.74. The van der Waals surface area contributed by atoms with Gasteiger partial charge in [0.1, 0.15) is 0 Å². The smallest absolute Gasteiger partial charge is 0.230 e. The van der Waals surface area contributed by atoms with E-state index in [9.17, 15) is 4.79 Å². The van der Waals surface area contributed by atoms with Gasteiger partial charge in [0, 0.05) is 38.9 Å². The summed E-state index contributed by atoms with van der Waals surface area (Å²) in [4.78, 5) is 20.6. The van der Waals surface area contributed by atoms with Crippen molar-refractivity contribution in [1.82, 2.24) is 30.1 Å². The van der Waals surface area contributed by atoms with Gasteiger partial charge in [-0.15, -0.1) is 10.2 Å². The van der Waals surface area contributed by atoms with Gasteiger partial charge in [0.05, 0.1) is 13.1 Å². The Morgan fingerprint density at radius 1 is 1.32 bits per heavy atom. The van der Waals surface area contributed by atoms with E-state index in [1.54, 1.807) is 13.8 Å². The van der Waals surface area contributed by atoms with Crippen molar-refractivity contribution in [1.29, 1.82) is 0 Å². The van der Waals surface area contributed by atoms with Crippen LogP contribution in [0.15, 0.2) is 8.94 Å². The first-order chi connectivity index (χ1) is 12.1. The largest absolute Gasteiger partial charge is 0.424 e. The monoisotopic (exact) mass is 346 g/mol. The van der Waals surface area contributed by atoms with Crippen molar-refractivity contribution in [2.45, 2.75) is 58.2 Å². The van der Waals surface area contributed by atoms with E-state index in [-0.39, 0.29) is 11.9 Å². The van der Waals surface area contributed by atoms with Crippen molar-refractivity contribution >= 4 is 5.91 Å². The van der Waals surface area contributed by atoms with Crippen molar-refractivity contribution in [2.24, 2.45) is 0 Å². The van der Waals surface area contributed by atoms with E-state index in [0.717, 1.165) is 32.4 Å². The van der Waals surface area contributed by atoms with Crippen LogP contribution in [0.5, 0.6) is 0 Å². The molecule has 1 aliphatic carbocycles. The van der Waals surface area contributed by atoms with Crippen LogP contribution >= 0.6 is 0 Å². The van der Waals surface area contributed by atoms with Crippen molar-refractivity contribution in [3.8, 4) is 0 Å². The summed E-state index contributed by atoms with van der Waals surface area (Å²) in [6.45, 7) is 6.03. The molecule has 0 spiro atoms. The summed E-state index contributed by atoms with van der Waals surface area (Å²) in [7, 11) is 0. The van der Waals surface area contributed by atoms with Crippen LogP contribution in [-0.2, 0) is 17.9 Å². The van der Waals surface area contributed by atoms with E-state index in [4.69, 9.17) is 8.94 Å². The molecule has 2 aromatic heterocycles. The Balaban J connectivity index is 1.37. The van der Waals surface area contributed by atoms with Crippen LogP contribution in [-0.4, -0.2) is 55.2 Å². The SMILES string of the molecule is CC(=O)N(Cc1noc(C2CC2)n1)[C@H]1CCN(Cc2nnc(C)o2)C1. The zero-order valence-corrected chi connectivity index (χ0v) is 14.5. The number of aryl methyl sites for hydroxylation is 1. The van der Waals surface area contributed by atoms with Crippen LogP contribution in [0.3, 0.4) is 0 Å². The van der Waals surface area contributed by atoms with Crippen LogP contribution in [0.25, 0.3) is 0 Å². The van der Waals surface area contributed by atoms with Crippen LogP contribution in [0.2, 0.25) is 0 Å². The van der Waals surface area contributed by atoms with Gasteiger partial charge in [-0.2, -0.15) is 4.98 Å². The van der Waals surface area contributed by atoms with E-state index in [1.165, 1.54) is 0 Å². The molecule has 0 N–H and O–H groups in total. The number of aromatic nitrogens is 4. The maximum atomic E-state index is 12.1. The molecule has 2 aromatic rings. The lowest BCUT2D eigenvalue weighted by atomic mass is 10.2. The minimum Gasteiger partial charge on any atom is -0.424 e. The summed E-state index contributed by atoms with van der Waals surface area (Å²) in [5.41, 5.74) is 0. The number of nitrogens with zero attached hydrogens (tertiary/aromatic N) is 6. The standard InChI is InChI=1S/C16H22N6O3/c1-10-18-19-15(24-10)9-21-6-5-13(7-21)22(11(2)23)8-14-17-16(25-20-14)12-3-4-12/h12-13H,3-9H2,1-2H3/t13-/m0/s1. The highest BCUT2D eigenvalue weighted by molar-refractivity contribution is 5.73. The predicted octanol–water partition coefficient (Wildman–Crippen LogP) is 1.26. The van der Waals surface area contributed by atoms with Crippen molar-refractivity contribution in [3.05, 3.63) is 23.5 Å². The molecule has 1 aliphatic heterocycles. The first-order valence-electron chi connectivity index (χ1n) is 8.69. The number of hydrogen-bond donors (Lipinski definition) is 0. The Morgan fingerprint density at radius 2 is 2.16 bits per heavy atom. The van der Waals surface area contributed by atoms with Gasteiger partial charge >= 0.3 is 0 Å². The molecule has 25 heavy (non-hydrogen) atoms. The summed E-state index contributed by atoms with van der Waals surface area (Å²) in [5.74, 6) is 2.92. The first kappa shape index (κ1) is 16.2. The van der Waals surface area contributed by atoms with Crippen LogP contribution in [0.1, 0.15) is 55.6 Å². The molecule has 3 heterocycles. The second-order valence-corrected chi connectivity index (χ2v) is 6.86. The van der Waals surface area contributed by atoms with Crippen LogP contribution in [0, 0.1) is 6.92 Å². The average Bonchev–Trinajstić information content (AvgIpc) is 2.95. The zero-order valence-electron chi connectivity index (χ0n) is 14.5. The first-order valence-corrected chi connectivity index (χ1v) is 8.69. The molecule has 134 valence electrons. The molecule has 4 rings (SSSR count). The Labute approximate surface area is 145 Å². The maximum absolute atomic E-state index is 12.1. The highest BCUT2D eigenvalue weighted by Gasteiger charge is 2.33. The zero-order chi connectivity index (χ0) is 17.4. The number of rotatable bonds is 6. The van der Waals surface area contributed by atoms with Gasteiger partial charge in [-0.1, -0.05) is 5.16 Å². The number of amides is 1. The van der Waals surface area contributed by atoms with E-state index >= 15 is 0 Å². The van der Waals surface area contributed by atoms with Gasteiger partial charge in [-0.3, -0.25) is 9.69 Å². The van der Waals surface area contributed by atoms with Crippen LogP contribution < -0.4 is 0 Å². The number of likely N-dealkylation sites (tertiary alicyclic amines) is 1. The van der Waals surface area contributed by atoms with E-state index in [2.05, 4.69) is 25.2 Å². The van der Waals surface area contributed by atoms with Gasteiger partial charge in [0.25, 0.3) is 0 Å². The lowest BCUT2D eigenvalue weighted by Crippen LogP contribution is -2.40. The fourth-order valence-electron chi connectivity index (χ4n) is 3.28. The molecular formula is C16H22N6O3. The predicted molar refractivity (Wildman–Crippen MR) is 85.2 cm³/mol. The molecule has 1 saturated heterocycles. The third-order valence-electron chi connectivity index (χ3n) is 4.74. The summed E-state index contributed by atoms with van der Waals surface area (Å²) in [6.07, 6.45) is 3.13. The second-order valence-electron chi connectivity index (χ2n) is 6.86. The number of carbonyl (C=O) groups excluding carboxylic acids is 1. The molecule has 2 fully saturated rings. The van der Waals surface area contributed by atoms with Gasteiger partial charge < -0.3 is 13.8 Å². The second kappa shape index (κ2) is 6.55. The molecule has 0 radical (unpaired) electrons. The molecule has 2 aliphatic rings. The Kier molecular flexibility index (Phi) is 4.24. The number of carbonyl (C=O) groups is 1. The van der Waals surface area contributed by atoms with E-state index < -0.39 is 0 Å². The average molecular weight is 346 g/mol. The van der Waals surface area contributed by atoms with Gasteiger partial charge in [-0.25, -0.2) is 0 Å². The van der Waals surface area contributed by atoms with Crippen molar-refractivity contribution < 1.29 is 13.7 Å². The molecule has 0 aromatic carbocycles. The lowest BCUT2D eigenvalue weighted by molar-refractivity contribution is -0.131. The molecule has 9 nitrogen and oxygen atoms in total. The summed E-state index contributed by atoms with van der Waals surface area (Å²) in [6, 6.07) is 0.129. The number of hydrogen-bond acceptors (Lipinski definition) is 8. The molecule has 1 saturated carbocycles. The van der Waals surface area contributed by atoms with Crippen molar-refractivity contribution in [3.63, 3.8) is 0 Å². The summed E-state index contributed by atoms with van der Waals surface area (Å²) in [5, 5.41) is 11.9. The summed E-state index contributed by atoms with van der Waals surface area (Å²) < 4.78 is 10.7. The summed E-state index contributed by atoms with van der Waals surface area (Å²) >= 11 is 0. The molecule has 1 amide bonds. The van der Waals surface area contributed by atoms with Gasteiger partial charge in [-0.05, 0) is 19.3 Å². The molecule has 1 atom stereocenters. The molecule has 0 unspecified atom stereocenters. The normalized spacial score (nSPS) is 21.0. The van der Waals surface area contributed by atoms with Crippen molar-refractivity contribution in [2.75, 3.05) is 13.1 Å². The highest BCUT2D eigenvalue weighted by atomic mass is 16.5. The maximum Gasteiger partial charge on any atom is 0.230 e.